The number of primary amides is 1. The van der Waals surface area contributed by atoms with Crippen molar-refractivity contribution in [3.8, 4) is 0 Å². The SMILES string of the molecule is NC(=O)Cn1ccnc1Cc1ccccc1. The summed E-state index contributed by atoms with van der Waals surface area (Å²) in [4.78, 5) is 15.1. The van der Waals surface area contributed by atoms with Gasteiger partial charge in [-0.1, -0.05) is 30.3 Å². The van der Waals surface area contributed by atoms with Gasteiger partial charge in [0.1, 0.15) is 12.4 Å². The summed E-state index contributed by atoms with van der Waals surface area (Å²) < 4.78 is 1.77. The van der Waals surface area contributed by atoms with Crippen LogP contribution in [-0.2, 0) is 17.8 Å². The summed E-state index contributed by atoms with van der Waals surface area (Å²) in [6.45, 7) is 0.183. The topological polar surface area (TPSA) is 60.9 Å². The predicted octanol–water partition coefficient (Wildman–Crippen LogP) is 0.959. The summed E-state index contributed by atoms with van der Waals surface area (Å²) in [6.07, 6.45) is 4.16. The minimum Gasteiger partial charge on any atom is -0.368 e. The van der Waals surface area contributed by atoms with Crippen LogP contribution in [0.5, 0.6) is 0 Å². The molecule has 82 valence electrons. The minimum atomic E-state index is -0.354. The fourth-order valence-electron chi connectivity index (χ4n) is 1.60. The lowest BCUT2D eigenvalue weighted by Crippen LogP contribution is -2.19. The number of nitrogens with two attached hydrogens (primary N) is 1. The molecule has 1 heterocycles. The molecule has 0 spiro atoms. The van der Waals surface area contributed by atoms with E-state index in [1.165, 1.54) is 5.56 Å². The molecule has 0 atom stereocenters. The first-order valence-electron chi connectivity index (χ1n) is 5.08. The average molecular weight is 215 g/mol. The van der Waals surface area contributed by atoms with Crippen LogP contribution in [0.1, 0.15) is 11.4 Å². The number of benzene rings is 1. The van der Waals surface area contributed by atoms with Gasteiger partial charge < -0.3 is 10.3 Å². The quantitative estimate of drug-likeness (QED) is 0.825. The number of nitrogens with zero attached hydrogens (tertiary/aromatic N) is 2. The summed E-state index contributed by atoms with van der Waals surface area (Å²) in [5, 5.41) is 0. The third kappa shape index (κ3) is 2.48. The molecule has 1 aromatic carbocycles. The molecule has 2 aromatic rings. The molecule has 0 fully saturated rings. The first kappa shape index (κ1) is 10.4. The van der Waals surface area contributed by atoms with Crippen molar-refractivity contribution in [1.82, 2.24) is 9.55 Å². The Kier molecular flexibility index (Phi) is 3.00. The van der Waals surface area contributed by atoms with Crippen molar-refractivity contribution in [2.45, 2.75) is 13.0 Å². The Morgan fingerprint density at radius 2 is 2.06 bits per heavy atom. The molecule has 0 aliphatic carbocycles. The molecule has 1 aromatic heterocycles. The molecule has 2 N–H and O–H groups in total. The Bertz CT molecular complexity index is 476. The van der Waals surface area contributed by atoms with Crippen molar-refractivity contribution in [2.24, 2.45) is 5.73 Å². The van der Waals surface area contributed by atoms with Crippen molar-refractivity contribution in [3.05, 3.63) is 54.1 Å². The largest absolute Gasteiger partial charge is 0.368 e. The van der Waals surface area contributed by atoms with Gasteiger partial charge in [0.2, 0.25) is 5.91 Å². The third-order valence-electron chi connectivity index (χ3n) is 2.33. The molecule has 4 heteroatoms. The van der Waals surface area contributed by atoms with Crippen molar-refractivity contribution in [3.63, 3.8) is 0 Å². The second kappa shape index (κ2) is 4.61. The van der Waals surface area contributed by atoms with E-state index in [4.69, 9.17) is 5.73 Å². The predicted molar refractivity (Wildman–Crippen MR) is 60.7 cm³/mol. The molecule has 1 amide bonds. The van der Waals surface area contributed by atoms with Gasteiger partial charge in [-0.25, -0.2) is 4.98 Å². The third-order valence-corrected chi connectivity index (χ3v) is 2.33. The lowest BCUT2D eigenvalue weighted by atomic mass is 10.1. The van der Waals surface area contributed by atoms with Gasteiger partial charge in [0.15, 0.2) is 0 Å². The lowest BCUT2D eigenvalue weighted by Gasteiger charge is -2.05. The Balaban J connectivity index is 2.16. The molecule has 0 bridgehead atoms. The van der Waals surface area contributed by atoms with Crippen LogP contribution in [-0.4, -0.2) is 15.5 Å². The number of carbonyl (C=O) groups is 1. The summed E-state index contributed by atoms with van der Waals surface area (Å²) in [6, 6.07) is 10.00. The zero-order valence-corrected chi connectivity index (χ0v) is 8.84. The van der Waals surface area contributed by atoms with Crippen LogP contribution in [0.2, 0.25) is 0 Å². The molecule has 0 saturated heterocycles. The van der Waals surface area contributed by atoms with E-state index in [1.807, 2.05) is 30.3 Å². The van der Waals surface area contributed by atoms with Crippen LogP contribution in [0.3, 0.4) is 0 Å². The smallest absolute Gasteiger partial charge is 0.237 e. The van der Waals surface area contributed by atoms with Gasteiger partial charge in [0.25, 0.3) is 0 Å². The highest BCUT2D eigenvalue weighted by molar-refractivity contribution is 5.73. The van der Waals surface area contributed by atoms with E-state index >= 15 is 0 Å². The standard InChI is InChI=1S/C12H13N3O/c13-11(16)9-15-7-6-14-12(15)8-10-4-2-1-3-5-10/h1-7H,8-9H2,(H2,13,16). The fraction of sp³-hybridized carbons (Fsp3) is 0.167. The van der Waals surface area contributed by atoms with E-state index in [9.17, 15) is 4.79 Å². The summed E-state index contributed by atoms with van der Waals surface area (Å²) in [5.74, 6) is 0.498. The number of hydrogen-bond donors (Lipinski definition) is 1. The van der Waals surface area contributed by atoms with Crippen molar-refractivity contribution in [2.75, 3.05) is 0 Å². The number of carbonyl (C=O) groups excluding carboxylic acids is 1. The van der Waals surface area contributed by atoms with E-state index in [-0.39, 0.29) is 12.5 Å². The van der Waals surface area contributed by atoms with Crippen molar-refractivity contribution < 1.29 is 4.79 Å². The zero-order valence-electron chi connectivity index (χ0n) is 8.84. The molecule has 2 rings (SSSR count). The first-order valence-corrected chi connectivity index (χ1v) is 5.08. The van der Waals surface area contributed by atoms with Gasteiger partial charge >= 0.3 is 0 Å². The van der Waals surface area contributed by atoms with E-state index < -0.39 is 0 Å². The van der Waals surface area contributed by atoms with Gasteiger partial charge in [-0.2, -0.15) is 0 Å². The molecule has 16 heavy (non-hydrogen) atoms. The molecule has 0 unspecified atom stereocenters. The zero-order chi connectivity index (χ0) is 11.4. The Hall–Kier alpha value is -2.10. The normalized spacial score (nSPS) is 10.2. The molecule has 0 radical (unpaired) electrons. The van der Waals surface area contributed by atoms with Gasteiger partial charge in [0.05, 0.1) is 0 Å². The Morgan fingerprint density at radius 1 is 1.31 bits per heavy atom. The van der Waals surface area contributed by atoms with E-state index in [2.05, 4.69) is 4.98 Å². The number of imidazole rings is 1. The van der Waals surface area contributed by atoms with E-state index in [0.29, 0.717) is 6.42 Å². The second-order valence-electron chi connectivity index (χ2n) is 3.60. The van der Waals surface area contributed by atoms with Crippen molar-refractivity contribution in [1.29, 1.82) is 0 Å². The summed E-state index contributed by atoms with van der Waals surface area (Å²) in [5.41, 5.74) is 6.32. The highest BCUT2D eigenvalue weighted by Crippen LogP contribution is 2.07. The fourth-order valence-corrected chi connectivity index (χ4v) is 1.60. The first-order chi connectivity index (χ1) is 7.75. The number of amides is 1. The maximum atomic E-state index is 10.8. The second-order valence-corrected chi connectivity index (χ2v) is 3.60. The van der Waals surface area contributed by atoms with Crippen molar-refractivity contribution >= 4 is 5.91 Å². The highest BCUT2D eigenvalue weighted by atomic mass is 16.1. The maximum Gasteiger partial charge on any atom is 0.237 e. The highest BCUT2D eigenvalue weighted by Gasteiger charge is 2.05. The Labute approximate surface area is 93.7 Å². The lowest BCUT2D eigenvalue weighted by molar-refractivity contribution is -0.118. The van der Waals surface area contributed by atoms with Gasteiger partial charge in [-0.3, -0.25) is 4.79 Å². The molecular weight excluding hydrogens is 202 g/mol. The van der Waals surface area contributed by atoms with Crippen LogP contribution in [0.25, 0.3) is 0 Å². The van der Waals surface area contributed by atoms with Crippen LogP contribution >= 0.6 is 0 Å². The van der Waals surface area contributed by atoms with Gasteiger partial charge in [-0.05, 0) is 5.56 Å². The molecular formula is C12H13N3O. The van der Waals surface area contributed by atoms with Crippen LogP contribution in [0.4, 0.5) is 0 Å². The summed E-state index contributed by atoms with van der Waals surface area (Å²) in [7, 11) is 0. The molecule has 0 aliphatic rings. The van der Waals surface area contributed by atoms with Crippen LogP contribution in [0.15, 0.2) is 42.7 Å². The minimum absolute atomic E-state index is 0.183. The number of aromatic nitrogens is 2. The number of rotatable bonds is 4. The molecule has 0 saturated carbocycles. The van der Waals surface area contributed by atoms with E-state index in [1.54, 1.807) is 17.0 Å². The Morgan fingerprint density at radius 3 is 2.75 bits per heavy atom. The van der Waals surface area contributed by atoms with Crippen LogP contribution in [0, 0.1) is 0 Å². The van der Waals surface area contributed by atoms with Crippen LogP contribution < -0.4 is 5.73 Å². The monoisotopic (exact) mass is 215 g/mol. The molecule has 0 aliphatic heterocycles. The summed E-state index contributed by atoms with van der Waals surface area (Å²) >= 11 is 0. The average Bonchev–Trinajstić information content (AvgIpc) is 2.66. The van der Waals surface area contributed by atoms with E-state index in [0.717, 1.165) is 5.82 Å². The van der Waals surface area contributed by atoms with Gasteiger partial charge in [-0.15, -0.1) is 0 Å². The maximum absolute atomic E-state index is 10.8. The number of hydrogen-bond acceptors (Lipinski definition) is 2. The molecule has 4 nitrogen and oxygen atoms in total. The van der Waals surface area contributed by atoms with Gasteiger partial charge in [0, 0.05) is 18.8 Å².